The fourth-order valence-electron chi connectivity index (χ4n) is 2.25. The summed E-state index contributed by atoms with van der Waals surface area (Å²) in [6.07, 6.45) is 0.818. The summed E-state index contributed by atoms with van der Waals surface area (Å²) < 4.78 is 22.8. The van der Waals surface area contributed by atoms with Crippen molar-refractivity contribution in [3.05, 3.63) is 35.9 Å². The SMILES string of the molecule is CC(c1ccccc1)C1CCS(=O)(=O)C1. The van der Waals surface area contributed by atoms with E-state index in [9.17, 15) is 8.42 Å². The summed E-state index contributed by atoms with van der Waals surface area (Å²) in [5.41, 5.74) is 1.25. The molecule has 1 aromatic rings. The Morgan fingerprint density at radius 3 is 2.47 bits per heavy atom. The second-order valence-corrected chi connectivity index (χ2v) is 6.59. The Labute approximate surface area is 91.2 Å². The molecule has 1 saturated heterocycles. The molecule has 0 bridgehead atoms. The normalized spacial score (nSPS) is 26.3. The molecule has 0 radical (unpaired) electrons. The molecule has 2 unspecified atom stereocenters. The smallest absolute Gasteiger partial charge is 0.150 e. The van der Waals surface area contributed by atoms with Gasteiger partial charge in [-0.05, 0) is 23.8 Å². The van der Waals surface area contributed by atoms with Crippen LogP contribution in [0.5, 0.6) is 0 Å². The molecule has 0 spiro atoms. The summed E-state index contributed by atoms with van der Waals surface area (Å²) in [6.45, 7) is 2.13. The molecule has 2 nitrogen and oxygen atoms in total. The van der Waals surface area contributed by atoms with E-state index >= 15 is 0 Å². The van der Waals surface area contributed by atoms with Crippen LogP contribution in [0.1, 0.15) is 24.8 Å². The van der Waals surface area contributed by atoms with Gasteiger partial charge in [0.25, 0.3) is 0 Å². The Kier molecular flexibility index (Phi) is 2.83. The van der Waals surface area contributed by atoms with Gasteiger partial charge in [0.05, 0.1) is 11.5 Å². The van der Waals surface area contributed by atoms with Gasteiger partial charge in [0, 0.05) is 0 Å². The van der Waals surface area contributed by atoms with E-state index in [1.54, 1.807) is 0 Å². The van der Waals surface area contributed by atoms with E-state index in [1.165, 1.54) is 5.56 Å². The van der Waals surface area contributed by atoms with Gasteiger partial charge in [-0.15, -0.1) is 0 Å². The third-order valence-electron chi connectivity index (χ3n) is 3.30. The fraction of sp³-hybridized carbons (Fsp3) is 0.500. The zero-order valence-corrected chi connectivity index (χ0v) is 9.70. The zero-order chi connectivity index (χ0) is 10.9. The highest BCUT2D eigenvalue weighted by Gasteiger charge is 2.31. The predicted molar refractivity (Wildman–Crippen MR) is 61.6 cm³/mol. The lowest BCUT2D eigenvalue weighted by Gasteiger charge is -2.17. The third-order valence-corrected chi connectivity index (χ3v) is 5.09. The molecule has 1 aliphatic heterocycles. The van der Waals surface area contributed by atoms with E-state index in [0.717, 1.165) is 6.42 Å². The van der Waals surface area contributed by atoms with Crippen molar-refractivity contribution in [2.24, 2.45) is 5.92 Å². The number of rotatable bonds is 2. The van der Waals surface area contributed by atoms with Gasteiger partial charge in [0.2, 0.25) is 0 Å². The van der Waals surface area contributed by atoms with Gasteiger partial charge in [-0.2, -0.15) is 0 Å². The van der Waals surface area contributed by atoms with Crippen LogP contribution in [-0.2, 0) is 9.84 Å². The Morgan fingerprint density at radius 2 is 1.93 bits per heavy atom. The first-order valence-electron chi connectivity index (χ1n) is 5.34. The standard InChI is InChI=1S/C12H16O2S/c1-10(11-5-3-2-4-6-11)12-7-8-15(13,14)9-12/h2-6,10,12H,7-9H2,1H3. The van der Waals surface area contributed by atoms with Crippen LogP contribution < -0.4 is 0 Å². The molecule has 2 rings (SSSR count). The van der Waals surface area contributed by atoms with Gasteiger partial charge in [0.1, 0.15) is 0 Å². The molecule has 1 aromatic carbocycles. The van der Waals surface area contributed by atoms with E-state index in [-0.39, 0.29) is 0 Å². The van der Waals surface area contributed by atoms with Crippen molar-refractivity contribution in [3.63, 3.8) is 0 Å². The largest absolute Gasteiger partial charge is 0.229 e. The number of hydrogen-bond acceptors (Lipinski definition) is 2. The van der Waals surface area contributed by atoms with Crippen molar-refractivity contribution in [1.82, 2.24) is 0 Å². The molecule has 1 fully saturated rings. The highest BCUT2D eigenvalue weighted by molar-refractivity contribution is 7.91. The minimum atomic E-state index is -2.75. The molecule has 0 aliphatic carbocycles. The van der Waals surface area contributed by atoms with E-state index in [1.807, 2.05) is 18.2 Å². The van der Waals surface area contributed by atoms with Crippen molar-refractivity contribution in [2.75, 3.05) is 11.5 Å². The molecule has 15 heavy (non-hydrogen) atoms. The fourth-order valence-corrected chi connectivity index (χ4v) is 4.18. The topological polar surface area (TPSA) is 34.1 Å². The van der Waals surface area contributed by atoms with Crippen LogP contribution in [0.4, 0.5) is 0 Å². The van der Waals surface area contributed by atoms with Crippen LogP contribution in [0.25, 0.3) is 0 Å². The number of benzene rings is 1. The first-order chi connectivity index (χ1) is 7.08. The molecule has 82 valence electrons. The lowest BCUT2D eigenvalue weighted by atomic mass is 9.87. The summed E-state index contributed by atoms with van der Waals surface area (Å²) in [7, 11) is -2.75. The quantitative estimate of drug-likeness (QED) is 0.772. The van der Waals surface area contributed by atoms with Crippen molar-refractivity contribution in [1.29, 1.82) is 0 Å². The van der Waals surface area contributed by atoms with Crippen molar-refractivity contribution < 1.29 is 8.42 Å². The van der Waals surface area contributed by atoms with Crippen LogP contribution in [0.3, 0.4) is 0 Å². The summed E-state index contributed by atoms with van der Waals surface area (Å²) in [5, 5.41) is 0. The maximum absolute atomic E-state index is 11.4. The molecule has 0 aromatic heterocycles. The molecule has 0 amide bonds. The second-order valence-electron chi connectivity index (χ2n) is 4.36. The second kappa shape index (κ2) is 3.97. The first kappa shape index (κ1) is 10.7. The molecule has 3 heteroatoms. The van der Waals surface area contributed by atoms with Gasteiger partial charge in [-0.25, -0.2) is 8.42 Å². The van der Waals surface area contributed by atoms with E-state index in [4.69, 9.17) is 0 Å². The summed E-state index contributed by atoms with van der Waals surface area (Å²) >= 11 is 0. The Morgan fingerprint density at radius 1 is 1.27 bits per heavy atom. The van der Waals surface area contributed by atoms with E-state index < -0.39 is 9.84 Å². The Balaban J connectivity index is 2.14. The minimum absolute atomic E-state index is 0.303. The lowest BCUT2D eigenvalue weighted by Crippen LogP contribution is -2.11. The molecule has 0 saturated carbocycles. The molecular weight excluding hydrogens is 208 g/mol. The van der Waals surface area contributed by atoms with Gasteiger partial charge in [-0.1, -0.05) is 37.3 Å². The maximum atomic E-state index is 11.4. The zero-order valence-electron chi connectivity index (χ0n) is 8.89. The molecular formula is C12H16O2S. The van der Waals surface area contributed by atoms with Crippen molar-refractivity contribution >= 4 is 9.84 Å². The molecule has 1 aliphatic rings. The van der Waals surface area contributed by atoms with Crippen LogP contribution in [0, 0.1) is 5.92 Å². The number of hydrogen-bond donors (Lipinski definition) is 0. The van der Waals surface area contributed by atoms with E-state index in [2.05, 4.69) is 19.1 Å². The Hall–Kier alpha value is -0.830. The van der Waals surface area contributed by atoms with Crippen LogP contribution in [-0.4, -0.2) is 19.9 Å². The van der Waals surface area contributed by atoms with Gasteiger partial charge in [-0.3, -0.25) is 0 Å². The monoisotopic (exact) mass is 224 g/mol. The van der Waals surface area contributed by atoms with Crippen molar-refractivity contribution in [3.8, 4) is 0 Å². The average Bonchev–Trinajstić information content (AvgIpc) is 2.59. The molecule has 1 heterocycles. The van der Waals surface area contributed by atoms with Gasteiger partial charge < -0.3 is 0 Å². The Bertz CT molecular complexity index is 422. The maximum Gasteiger partial charge on any atom is 0.150 e. The highest BCUT2D eigenvalue weighted by atomic mass is 32.2. The molecule has 2 atom stereocenters. The predicted octanol–water partition coefficient (Wildman–Crippen LogP) is 2.22. The summed E-state index contributed by atoms with van der Waals surface area (Å²) in [6, 6.07) is 10.2. The lowest BCUT2D eigenvalue weighted by molar-refractivity contribution is 0.497. The van der Waals surface area contributed by atoms with Crippen molar-refractivity contribution in [2.45, 2.75) is 19.3 Å². The average molecular weight is 224 g/mol. The van der Waals surface area contributed by atoms with Crippen LogP contribution >= 0.6 is 0 Å². The van der Waals surface area contributed by atoms with E-state index in [0.29, 0.717) is 23.3 Å². The summed E-state index contributed by atoms with van der Waals surface area (Å²) in [5.74, 6) is 1.39. The van der Waals surface area contributed by atoms with Gasteiger partial charge in [0.15, 0.2) is 9.84 Å². The first-order valence-corrected chi connectivity index (χ1v) is 7.16. The minimum Gasteiger partial charge on any atom is -0.229 e. The number of sulfone groups is 1. The molecule has 0 N–H and O–H groups in total. The third kappa shape index (κ3) is 2.40. The van der Waals surface area contributed by atoms with Crippen LogP contribution in [0.2, 0.25) is 0 Å². The summed E-state index contributed by atoms with van der Waals surface area (Å²) in [4.78, 5) is 0. The highest BCUT2D eigenvalue weighted by Crippen LogP contribution is 2.32. The van der Waals surface area contributed by atoms with Crippen LogP contribution in [0.15, 0.2) is 30.3 Å². The van der Waals surface area contributed by atoms with Gasteiger partial charge >= 0.3 is 0 Å².